The third-order valence-electron chi connectivity index (χ3n) is 5.47. The van der Waals surface area contributed by atoms with Gasteiger partial charge >= 0.3 is 0 Å². The van der Waals surface area contributed by atoms with Gasteiger partial charge in [0.2, 0.25) is 11.8 Å². The number of likely N-dealkylation sites (tertiary alicyclic amines) is 1. The van der Waals surface area contributed by atoms with Crippen LogP contribution < -0.4 is 14.8 Å². The molecule has 2 aromatic carbocycles. The van der Waals surface area contributed by atoms with Gasteiger partial charge in [-0.05, 0) is 49.2 Å². The summed E-state index contributed by atoms with van der Waals surface area (Å²) in [5.74, 6) is 0.874. The number of rotatable bonds is 7. The number of methoxy groups -OCH3 is 2. The highest BCUT2D eigenvalue weighted by Gasteiger charge is 2.34. The smallest absolute Gasteiger partial charge is 0.229 e. The Kier molecular flexibility index (Phi) is 6.08. The van der Waals surface area contributed by atoms with Crippen molar-refractivity contribution in [2.24, 2.45) is 5.92 Å². The highest BCUT2D eigenvalue weighted by atomic mass is 32.1. The third-order valence-corrected chi connectivity index (χ3v) is 6.40. The number of thiazole rings is 1. The highest BCUT2D eigenvalue weighted by Crippen LogP contribution is 2.29. The number of amides is 2. The minimum Gasteiger partial charge on any atom is -0.493 e. The molecule has 2 heterocycles. The van der Waals surface area contributed by atoms with Crippen LogP contribution in [0.25, 0.3) is 10.2 Å². The first kappa shape index (κ1) is 21.1. The Balaban J connectivity index is 1.35. The molecule has 3 aromatic rings. The SMILES string of the molecule is COc1ccc(CCN2C[C@H](C(=O)Nc3ccc4nc(C)sc4c3)CC2=O)cc1OC. The number of benzene rings is 2. The highest BCUT2D eigenvalue weighted by molar-refractivity contribution is 7.18. The van der Waals surface area contributed by atoms with E-state index < -0.39 is 0 Å². The zero-order valence-corrected chi connectivity index (χ0v) is 18.6. The maximum Gasteiger partial charge on any atom is 0.229 e. The molecule has 1 N–H and O–H groups in total. The Labute approximate surface area is 185 Å². The van der Waals surface area contributed by atoms with Crippen LogP contribution in [0.3, 0.4) is 0 Å². The largest absolute Gasteiger partial charge is 0.493 e. The van der Waals surface area contributed by atoms with Crippen molar-refractivity contribution < 1.29 is 19.1 Å². The molecule has 162 valence electrons. The Morgan fingerprint density at radius 2 is 2.00 bits per heavy atom. The van der Waals surface area contributed by atoms with E-state index >= 15 is 0 Å². The van der Waals surface area contributed by atoms with E-state index in [1.807, 2.05) is 43.3 Å². The van der Waals surface area contributed by atoms with Crippen LogP contribution in [0.15, 0.2) is 36.4 Å². The van der Waals surface area contributed by atoms with Crippen molar-refractivity contribution >= 4 is 39.1 Å². The molecule has 1 aliphatic rings. The first-order chi connectivity index (χ1) is 15.0. The van der Waals surface area contributed by atoms with Crippen LogP contribution in [0.4, 0.5) is 5.69 Å². The van der Waals surface area contributed by atoms with Gasteiger partial charge in [0.05, 0.1) is 35.4 Å². The monoisotopic (exact) mass is 439 g/mol. The fourth-order valence-electron chi connectivity index (χ4n) is 3.83. The van der Waals surface area contributed by atoms with Crippen molar-refractivity contribution in [3.05, 3.63) is 47.0 Å². The van der Waals surface area contributed by atoms with E-state index in [1.54, 1.807) is 30.5 Å². The van der Waals surface area contributed by atoms with Crippen LogP contribution in [-0.2, 0) is 16.0 Å². The maximum absolute atomic E-state index is 12.7. The molecule has 1 fully saturated rings. The van der Waals surface area contributed by atoms with Gasteiger partial charge in [-0.2, -0.15) is 0 Å². The second kappa shape index (κ2) is 8.93. The summed E-state index contributed by atoms with van der Waals surface area (Å²) in [5.41, 5.74) is 2.71. The molecule has 0 saturated carbocycles. The summed E-state index contributed by atoms with van der Waals surface area (Å²) < 4.78 is 11.6. The lowest BCUT2D eigenvalue weighted by Gasteiger charge is -2.17. The molecule has 31 heavy (non-hydrogen) atoms. The molecule has 1 aromatic heterocycles. The van der Waals surface area contributed by atoms with Crippen molar-refractivity contribution in [1.82, 2.24) is 9.88 Å². The maximum atomic E-state index is 12.7. The lowest BCUT2D eigenvalue weighted by molar-refractivity contribution is -0.128. The number of aromatic nitrogens is 1. The van der Waals surface area contributed by atoms with E-state index in [9.17, 15) is 9.59 Å². The molecule has 1 aliphatic heterocycles. The van der Waals surface area contributed by atoms with Gasteiger partial charge in [-0.1, -0.05) is 6.07 Å². The van der Waals surface area contributed by atoms with Crippen molar-refractivity contribution in [2.75, 3.05) is 32.6 Å². The normalized spacial score (nSPS) is 16.0. The predicted octanol–water partition coefficient (Wildman–Crippen LogP) is 3.65. The van der Waals surface area contributed by atoms with Gasteiger partial charge in [-0.3, -0.25) is 9.59 Å². The topological polar surface area (TPSA) is 80.8 Å². The number of hydrogen-bond donors (Lipinski definition) is 1. The first-order valence-electron chi connectivity index (χ1n) is 10.1. The summed E-state index contributed by atoms with van der Waals surface area (Å²) in [5, 5.41) is 3.95. The van der Waals surface area contributed by atoms with Crippen molar-refractivity contribution in [3.8, 4) is 11.5 Å². The lowest BCUT2D eigenvalue weighted by Crippen LogP contribution is -2.30. The Morgan fingerprint density at radius 1 is 1.19 bits per heavy atom. The number of ether oxygens (including phenoxy) is 2. The molecule has 7 nitrogen and oxygen atoms in total. The molecule has 4 rings (SSSR count). The Bertz CT molecular complexity index is 1130. The van der Waals surface area contributed by atoms with Crippen molar-refractivity contribution in [3.63, 3.8) is 0 Å². The molecule has 8 heteroatoms. The zero-order chi connectivity index (χ0) is 22.0. The molecule has 0 unspecified atom stereocenters. The van der Waals surface area contributed by atoms with Crippen LogP contribution in [0.1, 0.15) is 17.0 Å². The summed E-state index contributed by atoms with van der Waals surface area (Å²) in [7, 11) is 3.20. The van der Waals surface area contributed by atoms with Crippen LogP contribution >= 0.6 is 11.3 Å². The van der Waals surface area contributed by atoms with E-state index in [-0.39, 0.29) is 24.2 Å². The van der Waals surface area contributed by atoms with Crippen LogP contribution in [0.2, 0.25) is 0 Å². The molecule has 0 aliphatic carbocycles. The van der Waals surface area contributed by atoms with Gasteiger partial charge in [0.1, 0.15) is 0 Å². The summed E-state index contributed by atoms with van der Waals surface area (Å²) in [6, 6.07) is 11.4. The van der Waals surface area contributed by atoms with Gasteiger partial charge in [-0.25, -0.2) is 4.98 Å². The molecular formula is C23H25N3O4S. The van der Waals surface area contributed by atoms with Gasteiger partial charge in [0.15, 0.2) is 11.5 Å². The number of fused-ring (bicyclic) bond motifs is 1. The first-order valence-corrected chi connectivity index (χ1v) is 10.9. The van der Waals surface area contributed by atoms with Gasteiger partial charge in [-0.15, -0.1) is 11.3 Å². The van der Waals surface area contributed by atoms with Crippen LogP contribution in [-0.4, -0.2) is 49.0 Å². The van der Waals surface area contributed by atoms with Crippen molar-refractivity contribution in [2.45, 2.75) is 19.8 Å². The van der Waals surface area contributed by atoms with Gasteiger partial charge in [0, 0.05) is 25.2 Å². The quantitative estimate of drug-likeness (QED) is 0.608. The third kappa shape index (κ3) is 4.64. The Morgan fingerprint density at radius 3 is 2.77 bits per heavy atom. The molecule has 1 atom stereocenters. The zero-order valence-electron chi connectivity index (χ0n) is 17.8. The Hall–Kier alpha value is -3.13. The molecular weight excluding hydrogens is 414 g/mol. The molecule has 1 saturated heterocycles. The van der Waals surface area contributed by atoms with E-state index in [0.29, 0.717) is 31.0 Å². The van der Waals surface area contributed by atoms with E-state index in [4.69, 9.17) is 9.47 Å². The number of aryl methyl sites for hydroxylation is 1. The average Bonchev–Trinajstić information content (AvgIpc) is 3.32. The predicted molar refractivity (Wildman–Crippen MR) is 121 cm³/mol. The minimum absolute atomic E-state index is 0.00848. The number of hydrogen-bond acceptors (Lipinski definition) is 6. The second-order valence-corrected chi connectivity index (χ2v) is 8.82. The molecule has 0 bridgehead atoms. The van der Waals surface area contributed by atoms with E-state index in [0.717, 1.165) is 26.5 Å². The summed E-state index contributed by atoms with van der Waals surface area (Å²) in [6.07, 6.45) is 0.918. The lowest BCUT2D eigenvalue weighted by atomic mass is 10.1. The van der Waals surface area contributed by atoms with Gasteiger partial charge in [0.25, 0.3) is 0 Å². The summed E-state index contributed by atoms with van der Waals surface area (Å²) in [4.78, 5) is 31.4. The summed E-state index contributed by atoms with van der Waals surface area (Å²) in [6.45, 7) is 2.95. The molecule has 0 radical (unpaired) electrons. The number of anilines is 1. The van der Waals surface area contributed by atoms with Gasteiger partial charge < -0.3 is 19.7 Å². The molecule has 2 amide bonds. The number of nitrogens with zero attached hydrogens (tertiary/aromatic N) is 2. The minimum atomic E-state index is -0.350. The van der Waals surface area contributed by atoms with Crippen molar-refractivity contribution in [1.29, 1.82) is 0 Å². The average molecular weight is 440 g/mol. The molecule has 0 spiro atoms. The summed E-state index contributed by atoms with van der Waals surface area (Å²) >= 11 is 1.59. The van der Waals surface area contributed by atoms with Crippen LogP contribution in [0.5, 0.6) is 11.5 Å². The van der Waals surface area contributed by atoms with Crippen LogP contribution in [0, 0.1) is 12.8 Å². The van der Waals surface area contributed by atoms with E-state index in [2.05, 4.69) is 10.3 Å². The number of nitrogens with one attached hydrogen (secondary N) is 1. The second-order valence-electron chi connectivity index (χ2n) is 7.58. The fourth-order valence-corrected chi connectivity index (χ4v) is 4.69. The number of carbonyl (C=O) groups is 2. The van der Waals surface area contributed by atoms with E-state index in [1.165, 1.54) is 0 Å². The standard InChI is InChI=1S/C23H25N3O4S/c1-14-24-18-6-5-17(12-21(18)31-14)25-23(28)16-11-22(27)26(13-16)9-8-15-4-7-19(29-2)20(10-15)30-3/h4-7,10,12,16H,8-9,11,13H2,1-3H3,(H,25,28)/t16-/m1/s1. The fraction of sp³-hybridized carbons (Fsp3) is 0.348. The number of carbonyl (C=O) groups excluding carboxylic acids is 2.